The van der Waals surface area contributed by atoms with E-state index in [1.807, 2.05) is 24.3 Å². The largest absolute Gasteiger partial charge is 0.456 e. The number of hydrogen-bond acceptors (Lipinski definition) is 3. The molecule has 0 aliphatic carbocycles. The Morgan fingerprint density at radius 2 is 0.770 bits per heavy atom. The van der Waals surface area contributed by atoms with Crippen LogP contribution in [-0.2, 0) is 0 Å². The van der Waals surface area contributed by atoms with Crippen molar-refractivity contribution >= 4 is 71.7 Å². The quantitative estimate of drug-likeness (QED) is 0.161. The summed E-state index contributed by atoms with van der Waals surface area (Å²) in [6, 6.07) is 80.0. The van der Waals surface area contributed by atoms with Gasteiger partial charge in [0.15, 0.2) is 0 Å². The second kappa shape index (κ2) is 14.3. The predicted octanol–water partition coefficient (Wildman–Crippen LogP) is 16.8. The van der Waals surface area contributed by atoms with Crippen LogP contribution >= 0.6 is 0 Å². The van der Waals surface area contributed by atoms with Gasteiger partial charge in [-0.1, -0.05) is 176 Å². The molecule has 0 fully saturated rings. The van der Waals surface area contributed by atoms with Gasteiger partial charge in [0, 0.05) is 43.9 Å². The summed E-state index contributed by atoms with van der Waals surface area (Å²) >= 11 is 0. The molecule has 12 aromatic rings. The number of para-hydroxylation sites is 5. The highest BCUT2D eigenvalue weighted by Gasteiger charge is 2.23. The Morgan fingerprint density at radius 3 is 1.56 bits per heavy atom. The minimum absolute atomic E-state index is 0.869. The van der Waals surface area contributed by atoms with Gasteiger partial charge in [0.1, 0.15) is 22.3 Å². The molecular weight excluding hydrogens is 743 g/mol. The van der Waals surface area contributed by atoms with E-state index in [9.17, 15) is 0 Å². The molecule has 0 aliphatic heterocycles. The van der Waals surface area contributed by atoms with E-state index in [1.54, 1.807) is 0 Å². The van der Waals surface area contributed by atoms with Crippen molar-refractivity contribution in [2.75, 3.05) is 4.90 Å². The lowest BCUT2D eigenvalue weighted by Crippen LogP contribution is -2.12. The van der Waals surface area contributed by atoms with E-state index in [2.05, 4.69) is 205 Å². The maximum absolute atomic E-state index is 6.49. The van der Waals surface area contributed by atoms with Gasteiger partial charge in [-0.2, -0.15) is 0 Å². The summed E-state index contributed by atoms with van der Waals surface area (Å²) in [6.07, 6.45) is 0. The monoisotopic (exact) mass is 779 g/mol. The van der Waals surface area contributed by atoms with Gasteiger partial charge in [-0.15, -0.1) is 0 Å². The van der Waals surface area contributed by atoms with E-state index in [4.69, 9.17) is 8.83 Å². The van der Waals surface area contributed by atoms with Gasteiger partial charge in [-0.05, 0) is 87.1 Å². The molecule has 61 heavy (non-hydrogen) atoms. The summed E-state index contributed by atoms with van der Waals surface area (Å²) in [4.78, 5) is 2.42. The molecule has 0 bridgehead atoms. The molecule has 0 amide bonds. The fraction of sp³-hybridized carbons (Fsp3) is 0. The Bertz CT molecular complexity index is 3600. The molecule has 3 nitrogen and oxygen atoms in total. The molecular formula is C58H37NO2. The fourth-order valence-corrected chi connectivity index (χ4v) is 9.29. The predicted molar refractivity (Wildman–Crippen MR) is 255 cm³/mol. The molecule has 0 spiro atoms. The maximum Gasteiger partial charge on any atom is 0.143 e. The third-order valence-electron chi connectivity index (χ3n) is 12.1. The van der Waals surface area contributed by atoms with Crippen molar-refractivity contribution in [2.45, 2.75) is 0 Å². The van der Waals surface area contributed by atoms with Crippen LogP contribution in [0.15, 0.2) is 233 Å². The number of anilines is 3. The van der Waals surface area contributed by atoms with Crippen molar-refractivity contribution in [1.29, 1.82) is 0 Å². The van der Waals surface area contributed by atoms with E-state index in [-0.39, 0.29) is 0 Å². The maximum atomic E-state index is 6.49. The summed E-state index contributed by atoms with van der Waals surface area (Å²) in [7, 11) is 0. The zero-order valence-corrected chi connectivity index (χ0v) is 33.1. The molecule has 12 rings (SSSR count). The van der Waals surface area contributed by atoms with Crippen LogP contribution in [0, 0.1) is 0 Å². The zero-order chi connectivity index (χ0) is 40.3. The van der Waals surface area contributed by atoms with Gasteiger partial charge in [0.05, 0.1) is 11.4 Å². The van der Waals surface area contributed by atoms with Crippen molar-refractivity contribution in [3.05, 3.63) is 224 Å². The van der Waals surface area contributed by atoms with Crippen LogP contribution in [0.2, 0.25) is 0 Å². The Balaban J connectivity index is 1.06. The van der Waals surface area contributed by atoms with E-state index < -0.39 is 0 Å². The van der Waals surface area contributed by atoms with Gasteiger partial charge in [-0.3, -0.25) is 0 Å². The average Bonchev–Trinajstić information content (AvgIpc) is 3.90. The van der Waals surface area contributed by atoms with Crippen molar-refractivity contribution in [2.24, 2.45) is 0 Å². The number of fused-ring (bicyclic) bond motifs is 7. The van der Waals surface area contributed by atoms with Crippen molar-refractivity contribution in [1.82, 2.24) is 0 Å². The number of nitrogens with zero attached hydrogens (tertiary/aromatic N) is 1. The smallest absolute Gasteiger partial charge is 0.143 e. The van der Waals surface area contributed by atoms with Gasteiger partial charge in [0.25, 0.3) is 0 Å². The van der Waals surface area contributed by atoms with Gasteiger partial charge in [-0.25, -0.2) is 0 Å². The Kier molecular flexibility index (Phi) is 8.17. The third-order valence-corrected chi connectivity index (χ3v) is 12.1. The molecule has 0 saturated carbocycles. The Labute approximate surface area is 353 Å². The van der Waals surface area contributed by atoms with Gasteiger partial charge < -0.3 is 13.7 Å². The fourth-order valence-electron chi connectivity index (χ4n) is 9.29. The number of furan rings is 2. The van der Waals surface area contributed by atoms with Gasteiger partial charge >= 0.3 is 0 Å². The molecule has 0 N–H and O–H groups in total. The lowest BCUT2D eigenvalue weighted by molar-refractivity contribution is 0.669. The molecule has 10 aromatic carbocycles. The Morgan fingerprint density at radius 1 is 0.279 bits per heavy atom. The summed E-state index contributed by atoms with van der Waals surface area (Å²) in [5.41, 5.74) is 15.7. The highest BCUT2D eigenvalue weighted by Crippen LogP contribution is 2.48. The SMILES string of the molecule is c1ccc(-c2cccc3ccccc23)c(-c2ccccc2N(c2ccc(-c3cccc4c3oc3ccccc34)cc2)c2ccccc2-c2ccc3c(c2)oc2ccccc23)c1. The third kappa shape index (κ3) is 5.82. The summed E-state index contributed by atoms with van der Waals surface area (Å²) < 4.78 is 12.9. The molecule has 2 aromatic heterocycles. The molecule has 0 atom stereocenters. The number of hydrogen-bond donors (Lipinski definition) is 0. The molecule has 0 radical (unpaired) electrons. The molecule has 3 heteroatoms. The van der Waals surface area contributed by atoms with Crippen LogP contribution in [0.4, 0.5) is 17.1 Å². The molecule has 2 heterocycles. The first-order valence-corrected chi connectivity index (χ1v) is 20.7. The molecule has 0 unspecified atom stereocenters. The second-order valence-corrected chi connectivity index (χ2v) is 15.6. The van der Waals surface area contributed by atoms with Crippen molar-refractivity contribution in [3.8, 4) is 44.5 Å². The van der Waals surface area contributed by atoms with E-state index in [0.29, 0.717) is 0 Å². The highest BCUT2D eigenvalue weighted by molar-refractivity contribution is 6.10. The lowest BCUT2D eigenvalue weighted by atomic mass is 9.90. The topological polar surface area (TPSA) is 29.5 Å². The minimum atomic E-state index is 0.869. The van der Waals surface area contributed by atoms with Crippen LogP contribution in [0.3, 0.4) is 0 Å². The minimum Gasteiger partial charge on any atom is -0.456 e. The van der Waals surface area contributed by atoms with Crippen LogP contribution in [0.25, 0.3) is 99.2 Å². The average molecular weight is 780 g/mol. The normalized spacial score (nSPS) is 11.6. The standard InChI is InChI=1S/C58H37NO2/c1-2-17-42-38(15-1)16-13-25-45(42)46-19-3-4-20-47(46)48-21-6-10-28-54(48)59(41-34-31-39(32-35-41)44-24-14-26-52-50-23-8-12-30-56(50)61-58(44)52)53-27-9-5-18-43(53)40-33-36-51-49-22-7-11-29-55(49)60-57(51)37-40/h1-37H. The van der Waals surface area contributed by atoms with E-state index in [0.717, 1.165) is 94.3 Å². The number of rotatable bonds is 7. The van der Waals surface area contributed by atoms with E-state index in [1.165, 1.54) is 21.9 Å². The zero-order valence-electron chi connectivity index (χ0n) is 33.1. The molecule has 0 saturated heterocycles. The molecule has 286 valence electrons. The molecule has 0 aliphatic rings. The van der Waals surface area contributed by atoms with Crippen LogP contribution < -0.4 is 4.90 Å². The van der Waals surface area contributed by atoms with Crippen LogP contribution in [0.1, 0.15) is 0 Å². The lowest BCUT2D eigenvalue weighted by Gasteiger charge is -2.30. The first-order valence-electron chi connectivity index (χ1n) is 20.7. The van der Waals surface area contributed by atoms with Crippen molar-refractivity contribution < 1.29 is 8.83 Å². The van der Waals surface area contributed by atoms with E-state index >= 15 is 0 Å². The first-order chi connectivity index (χ1) is 30.3. The van der Waals surface area contributed by atoms with Crippen molar-refractivity contribution in [3.63, 3.8) is 0 Å². The van der Waals surface area contributed by atoms with Crippen LogP contribution in [-0.4, -0.2) is 0 Å². The number of benzene rings is 10. The summed E-state index contributed by atoms with van der Waals surface area (Å²) in [5, 5.41) is 6.93. The second-order valence-electron chi connectivity index (χ2n) is 15.6. The first kappa shape index (κ1) is 34.9. The summed E-state index contributed by atoms with van der Waals surface area (Å²) in [6.45, 7) is 0. The highest BCUT2D eigenvalue weighted by atomic mass is 16.3. The van der Waals surface area contributed by atoms with Crippen LogP contribution in [0.5, 0.6) is 0 Å². The van der Waals surface area contributed by atoms with Gasteiger partial charge in [0.2, 0.25) is 0 Å². The Hall–Kier alpha value is -8.14. The summed E-state index contributed by atoms with van der Waals surface area (Å²) in [5.74, 6) is 0.